The number of carboxylic acid groups (broad SMARTS) is 1. The standard InChI is InChI=1S/C12H16O2S/c1-9-3-5-11(6-4-9)15-8-10(2)7-12(13)14/h3-6,10H,7-8H2,1-2H3,(H,13,14). The largest absolute Gasteiger partial charge is 0.481 e. The smallest absolute Gasteiger partial charge is 0.303 e. The topological polar surface area (TPSA) is 37.3 Å². The van der Waals surface area contributed by atoms with Crippen LogP contribution in [0.5, 0.6) is 0 Å². The Morgan fingerprint density at radius 3 is 2.53 bits per heavy atom. The number of hydrogen-bond donors (Lipinski definition) is 1. The third kappa shape index (κ3) is 4.88. The van der Waals surface area contributed by atoms with Gasteiger partial charge in [-0.15, -0.1) is 11.8 Å². The average Bonchev–Trinajstić information content (AvgIpc) is 2.16. The highest BCUT2D eigenvalue weighted by Crippen LogP contribution is 2.22. The van der Waals surface area contributed by atoms with Crippen LogP contribution in [-0.4, -0.2) is 16.8 Å². The van der Waals surface area contributed by atoms with Gasteiger partial charge in [-0.3, -0.25) is 4.79 Å². The van der Waals surface area contributed by atoms with Crippen LogP contribution >= 0.6 is 11.8 Å². The van der Waals surface area contributed by atoms with Gasteiger partial charge in [0.05, 0.1) is 0 Å². The van der Waals surface area contributed by atoms with Gasteiger partial charge in [-0.05, 0) is 25.0 Å². The summed E-state index contributed by atoms with van der Waals surface area (Å²) in [4.78, 5) is 11.7. The van der Waals surface area contributed by atoms with Gasteiger partial charge in [-0.1, -0.05) is 24.6 Å². The summed E-state index contributed by atoms with van der Waals surface area (Å²) < 4.78 is 0. The molecule has 1 unspecified atom stereocenters. The van der Waals surface area contributed by atoms with Gasteiger partial charge in [0.2, 0.25) is 0 Å². The minimum Gasteiger partial charge on any atom is -0.481 e. The molecule has 15 heavy (non-hydrogen) atoms. The lowest BCUT2D eigenvalue weighted by Crippen LogP contribution is -2.06. The third-order valence-corrected chi connectivity index (χ3v) is 3.42. The second-order valence-corrected chi connectivity index (χ2v) is 4.92. The van der Waals surface area contributed by atoms with E-state index in [0.29, 0.717) is 0 Å². The summed E-state index contributed by atoms with van der Waals surface area (Å²) >= 11 is 1.72. The van der Waals surface area contributed by atoms with Gasteiger partial charge in [0, 0.05) is 17.1 Å². The van der Waals surface area contributed by atoms with E-state index in [9.17, 15) is 4.79 Å². The zero-order valence-corrected chi connectivity index (χ0v) is 9.88. The predicted octanol–water partition coefficient (Wildman–Crippen LogP) is 3.20. The van der Waals surface area contributed by atoms with Crippen molar-refractivity contribution in [3.63, 3.8) is 0 Å². The average molecular weight is 224 g/mol. The Bertz CT molecular complexity index is 319. The van der Waals surface area contributed by atoms with Crippen molar-refractivity contribution in [2.75, 3.05) is 5.75 Å². The number of thioether (sulfide) groups is 1. The van der Waals surface area contributed by atoms with Crippen LogP contribution in [0.15, 0.2) is 29.2 Å². The Kier molecular flexibility index (Phi) is 4.69. The van der Waals surface area contributed by atoms with Crippen LogP contribution in [0.25, 0.3) is 0 Å². The van der Waals surface area contributed by atoms with E-state index in [4.69, 9.17) is 5.11 Å². The number of aryl methyl sites for hydroxylation is 1. The lowest BCUT2D eigenvalue weighted by Gasteiger charge is -2.07. The highest BCUT2D eigenvalue weighted by molar-refractivity contribution is 7.99. The molecule has 1 atom stereocenters. The van der Waals surface area contributed by atoms with Crippen molar-refractivity contribution in [1.29, 1.82) is 0 Å². The van der Waals surface area contributed by atoms with Gasteiger partial charge < -0.3 is 5.11 Å². The molecule has 3 heteroatoms. The highest BCUT2D eigenvalue weighted by atomic mass is 32.2. The number of hydrogen-bond acceptors (Lipinski definition) is 2. The molecule has 0 bridgehead atoms. The van der Waals surface area contributed by atoms with Crippen molar-refractivity contribution < 1.29 is 9.90 Å². The van der Waals surface area contributed by atoms with Crippen LogP contribution in [-0.2, 0) is 4.79 Å². The molecule has 1 aromatic carbocycles. The Labute approximate surface area is 94.7 Å². The van der Waals surface area contributed by atoms with Gasteiger partial charge >= 0.3 is 5.97 Å². The zero-order valence-electron chi connectivity index (χ0n) is 9.06. The molecule has 82 valence electrons. The van der Waals surface area contributed by atoms with Crippen LogP contribution in [0, 0.1) is 12.8 Å². The van der Waals surface area contributed by atoms with Crippen LogP contribution < -0.4 is 0 Å². The van der Waals surface area contributed by atoms with Crippen LogP contribution in [0.4, 0.5) is 0 Å². The summed E-state index contributed by atoms with van der Waals surface area (Å²) in [7, 11) is 0. The molecule has 0 amide bonds. The molecule has 1 rings (SSSR count). The number of carboxylic acids is 1. The molecule has 0 saturated carbocycles. The minimum atomic E-state index is -0.716. The maximum Gasteiger partial charge on any atom is 0.303 e. The quantitative estimate of drug-likeness (QED) is 0.780. The third-order valence-electron chi connectivity index (χ3n) is 2.08. The van der Waals surface area contributed by atoms with Gasteiger partial charge in [-0.2, -0.15) is 0 Å². The van der Waals surface area contributed by atoms with Gasteiger partial charge in [0.1, 0.15) is 0 Å². The highest BCUT2D eigenvalue weighted by Gasteiger charge is 2.07. The molecule has 0 saturated heterocycles. The fraction of sp³-hybridized carbons (Fsp3) is 0.417. The Morgan fingerprint density at radius 1 is 1.40 bits per heavy atom. The fourth-order valence-electron chi connectivity index (χ4n) is 1.23. The van der Waals surface area contributed by atoms with E-state index in [1.165, 1.54) is 10.5 Å². The second-order valence-electron chi connectivity index (χ2n) is 3.83. The molecule has 0 spiro atoms. The van der Waals surface area contributed by atoms with Crippen LogP contribution in [0.2, 0.25) is 0 Å². The lowest BCUT2D eigenvalue weighted by atomic mass is 10.1. The van der Waals surface area contributed by atoms with Crippen molar-refractivity contribution in [3.05, 3.63) is 29.8 Å². The molecule has 1 N–H and O–H groups in total. The Balaban J connectivity index is 2.36. The van der Waals surface area contributed by atoms with E-state index in [2.05, 4.69) is 31.2 Å². The van der Waals surface area contributed by atoms with Crippen molar-refractivity contribution >= 4 is 17.7 Å². The van der Waals surface area contributed by atoms with E-state index in [1.807, 2.05) is 6.92 Å². The molecule has 0 radical (unpaired) electrons. The lowest BCUT2D eigenvalue weighted by molar-refractivity contribution is -0.137. The van der Waals surface area contributed by atoms with E-state index in [-0.39, 0.29) is 12.3 Å². The van der Waals surface area contributed by atoms with Gasteiger partial charge in [0.25, 0.3) is 0 Å². The number of carbonyl (C=O) groups is 1. The molecule has 0 aliphatic carbocycles. The van der Waals surface area contributed by atoms with E-state index in [1.54, 1.807) is 11.8 Å². The molecule has 2 nitrogen and oxygen atoms in total. The first-order valence-corrected chi connectivity index (χ1v) is 5.97. The number of benzene rings is 1. The molecule has 0 aromatic heterocycles. The fourth-order valence-corrected chi connectivity index (χ4v) is 2.15. The monoisotopic (exact) mass is 224 g/mol. The van der Waals surface area contributed by atoms with Crippen molar-refractivity contribution in [1.82, 2.24) is 0 Å². The summed E-state index contributed by atoms with van der Waals surface area (Å²) in [6, 6.07) is 8.30. The van der Waals surface area contributed by atoms with Crippen LogP contribution in [0.1, 0.15) is 18.9 Å². The van der Waals surface area contributed by atoms with Crippen molar-refractivity contribution in [2.24, 2.45) is 5.92 Å². The predicted molar refractivity (Wildman–Crippen MR) is 63.3 cm³/mol. The maximum absolute atomic E-state index is 10.5. The molecule has 0 fully saturated rings. The van der Waals surface area contributed by atoms with Crippen molar-refractivity contribution in [2.45, 2.75) is 25.2 Å². The number of rotatable bonds is 5. The summed E-state index contributed by atoms with van der Waals surface area (Å²) in [5.74, 6) is 0.357. The SMILES string of the molecule is Cc1ccc(SCC(C)CC(=O)O)cc1. The van der Waals surface area contributed by atoms with E-state index < -0.39 is 5.97 Å². The molecular weight excluding hydrogens is 208 g/mol. The van der Waals surface area contributed by atoms with E-state index >= 15 is 0 Å². The second kappa shape index (κ2) is 5.81. The molecular formula is C12H16O2S. The first kappa shape index (κ1) is 12.1. The Hall–Kier alpha value is -0.960. The normalized spacial score (nSPS) is 12.4. The molecule has 0 aliphatic heterocycles. The maximum atomic E-state index is 10.5. The molecule has 1 aromatic rings. The summed E-state index contributed by atoms with van der Waals surface area (Å²) in [5, 5.41) is 8.61. The first-order valence-electron chi connectivity index (χ1n) is 4.99. The summed E-state index contributed by atoms with van der Waals surface area (Å²) in [6.45, 7) is 4.02. The summed E-state index contributed by atoms with van der Waals surface area (Å²) in [5.41, 5.74) is 1.25. The minimum absolute atomic E-state index is 0.216. The Morgan fingerprint density at radius 2 is 2.00 bits per heavy atom. The van der Waals surface area contributed by atoms with E-state index in [0.717, 1.165) is 5.75 Å². The van der Waals surface area contributed by atoms with Gasteiger partial charge in [0.15, 0.2) is 0 Å². The summed E-state index contributed by atoms with van der Waals surface area (Å²) in [6.07, 6.45) is 0.249. The zero-order chi connectivity index (χ0) is 11.3. The van der Waals surface area contributed by atoms with Crippen molar-refractivity contribution in [3.8, 4) is 0 Å². The molecule has 0 aliphatic rings. The first-order chi connectivity index (χ1) is 7.08. The van der Waals surface area contributed by atoms with Gasteiger partial charge in [-0.25, -0.2) is 0 Å². The van der Waals surface area contributed by atoms with Crippen LogP contribution in [0.3, 0.4) is 0 Å². The molecule has 0 heterocycles. The number of aliphatic carboxylic acids is 1.